The van der Waals surface area contributed by atoms with Crippen LogP contribution in [0.2, 0.25) is 0 Å². The molecule has 0 aromatic heterocycles. The van der Waals surface area contributed by atoms with E-state index < -0.39 is 35.5 Å². The van der Waals surface area contributed by atoms with E-state index >= 15 is 0 Å². The van der Waals surface area contributed by atoms with Crippen LogP contribution in [0.15, 0.2) is 12.2 Å². The topological polar surface area (TPSA) is 247 Å². The average Bonchev–Trinajstić information content (AvgIpc) is 2.54. The monoisotopic (exact) mass is 420 g/mol. The second kappa shape index (κ2) is 22.8. The summed E-state index contributed by atoms with van der Waals surface area (Å²) in [5.74, 6) is -3.29. The number of hydrogen-bond acceptors (Lipinski definition) is 7. The molecule has 27 heavy (non-hydrogen) atoms. The average molecular weight is 421 g/mol. The number of primary amides is 4. The molecular formula is C14H30ClN6NaO5. The van der Waals surface area contributed by atoms with E-state index in [9.17, 15) is 19.2 Å². The zero-order valence-electron chi connectivity index (χ0n) is 16.3. The molecule has 0 aliphatic heterocycles. The van der Waals surface area contributed by atoms with Crippen LogP contribution in [-0.4, -0.2) is 35.7 Å². The fourth-order valence-electron chi connectivity index (χ4n) is 0.657. The minimum absolute atomic E-state index is 0. The molecule has 0 aromatic carbocycles. The van der Waals surface area contributed by atoms with Crippen molar-refractivity contribution in [1.82, 2.24) is 0 Å². The van der Waals surface area contributed by atoms with Crippen molar-refractivity contribution in [3.8, 4) is 0 Å². The van der Waals surface area contributed by atoms with Gasteiger partial charge in [-0.1, -0.05) is 13.8 Å². The van der Waals surface area contributed by atoms with Gasteiger partial charge in [0.15, 0.2) is 0 Å². The predicted molar refractivity (Wildman–Crippen MR) is 97.4 cm³/mol. The Kier molecular flexibility index (Phi) is 31.0. The van der Waals surface area contributed by atoms with Crippen molar-refractivity contribution in [2.24, 2.45) is 46.2 Å². The largest absolute Gasteiger partial charge is 1.00 e. The summed E-state index contributed by atoms with van der Waals surface area (Å²) in [6, 6.07) is 0.259. The molecular weight excluding hydrogens is 391 g/mol. The van der Waals surface area contributed by atoms with Gasteiger partial charge in [-0.05, 0) is 13.8 Å². The van der Waals surface area contributed by atoms with Gasteiger partial charge in [0, 0.05) is 36.1 Å². The van der Waals surface area contributed by atoms with Gasteiger partial charge in [-0.25, -0.2) is 11.9 Å². The normalized spacial score (nSPS) is 13.3. The first-order chi connectivity index (χ1) is 11.7. The Morgan fingerprint density at radius 1 is 0.704 bits per heavy atom. The zero-order chi connectivity index (χ0) is 22.0. The number of halogens is 1. The first-order valence-corrected chi connectivity index (χ1v) is 7.56. The molecule has 0 aliphatic carbocycles. The Bertz CT molecular complexity index is 423. The smallest absolute Gasteiger partial charge is 0.769 e. The summed E-state index contributed by atoms with van der Waals surface area (Å²) in [5.41, 5.74) is 29.7. The van der Waals surface area contributed by atoms with Crippen LogP contribution in [-0.2, 0) is 19.2 Å². The SMILES string of the molecule is CC(C(N)=O)C(C)C(N)=O.CC(N)C(C)N.NC(=O)/C=C\C(N)=O.[Na+].[O-]Cl. The van der Waals surface area contributed by atoms with E-state index in [0.717, 1.165) is 12.2 Å². The maximum absolute atomic E-state index is 10.5. The molecule has 0 rings (SSSR count). The third-order valence-electron chi connectivity index (χ3n) is 2.89. The van der Waals surface area contributed by atoms with Crippen molar-refractivity contribution < 1.29 is 53.4 Å². The van der Waals surface area contributed by atoms with Crippen LogP contribution >= 0.6 is 11.9 Å². The van der Waals surface area contributed by atoms with Crippen molar-refractivity contribution >= 4 is 35.5 Å². The quantitative estimate of drug-likeness (QED) is 0.179. The summed E-state index contributed by atoms with van der Waals surface area (Å²) in [7, 11) is 0. The molecule has 154 valence electrons. The Morgan fingerprint density at radius 3 is 0.963 bits per heavy atom. The number of amides is 4. The van der Waals surface area contributed by atoms with E-state index in [1.807, 2.05) is 13.8 Å². The van der Waals surface area contributed by atoms with Gasteiger partial charge in [0.2, 0.25) is 23.6 Å². The maximum Gasteiger partial charge on any atom is 1.00 e. The number of carbonyl (C=O) groups is 4. The third-order valence-corrected chi connectivity index (χ3v) is 2.89. The molecule has 11 nitrogen and oxygen atoms in total. The van der Waals surface area contributed by atoms with Gasteiger partial charge in [-0.15, -0.1) is 0 Å². The molecule has 0 aromatic rings. The molecule has 0 heterocycles. The van der Waals surface area contributed by atoms with Crippen molar-refractivity contribution in [2.75, 3.05) is 0 Å². The fraction of sp³-hybridized carbons (Fsp3) is 0.571. The zero-order valence-corrected chi connectivity index (χ0v) is 19.1. The summed E-state index contributed by atoms with van der Waals surface area (Å²) >= 11 is 3.39. The number of carbonyl (C=O) groups excluding carboxylic acids is 4. The van der Waals surface area contributed by atoms with Crippen LogP contribution in [0.5, 0.6) is 0 Å². The molecule has 13 heteroatoms. The fourth-order valence-corrected chi connectivity index (χ4v) is 0.657. The molecule has 0 fully saturated rings. The molecule has 12 N–H and O–H groups in total. The molecule has 0 aliphatic rings. The van der Waals surface area contributed by atoms with Crippen LogP contribution in [0.3, 0.4) is 0 Å². The second-order valence-electron chi connectivity index (χ2n) is 5.24. The molecule has 4 amide bonds. The van der Waals surface area contributed by atoms with E-state index in [-0.39, 0.29) is 41.6 Å². The predicted octanol–water partition coefficient (Wildman–Crippen LogP) is -6.07. The van der Waals surface area contributed by atoms with E-state index in [0.29, 0.717) is 0 Å². The minimum Gasteiger partial charge on any atom is -0.769 e. The van der Waals surface area contributed by atoms with E-state index in [1.54, 1.807) is 13.8 Å². The standard InChI is InChI=1S/C6H12N2O2.C4H6N2O2.C4H12N2.ClO.Na/c1-3(5(7)9)4(2)6(8)10;5-3(7)1-2-4(6)8;1-3(5)4(2)6;1-2;/h3-4H,1-2H3,(H2,7,9)(H2,8,10);1-2H,(H2,5,7)(H2,6,8);3-4H,5-6H2,1-2H3;;/q;;;-1;+1/b;2-1-;;;. The van der Waals surface area contributed by atoms with Gasteiger partial charge >= 0.3 is 29.6 Å². The molecule has 0 bridgehead atoms. The Hall–Kier alpha value is -1.21. The summed E-state index contributed by atoms with van der Waals surface area (Å²) in [4.78, 5) is 40.6. The van der Waals surface area contributed by atoms with Gasteiger partial charge in [0.25, 0.3) is 0 Å². The van der Waals surface area contributed by atoms with Gasteiger partial charge < -0.3 is 39.1 Å². The first-order valence-electron chi connectivity index (χ1n) is 7.26. The van der Waals surface area contributed by atoms with Crippen LogP contribution in [0.4, 0.5) is 0 Å². The van der Waals surface area contributed by atoms with Crippen LogP contribution in [0.1, 0.15) is 27.7 Å². The summed E-state index contributed by atoms with van der Waals surface area (Å²) in [6.07, 6.45) is 1.81. The summed E-state index contributed by atoms with van der Waals surface area (Å²) in [5, 5.41) is 0. The van der Waals surface area contributed by atoms with E-state index in [1.165, 1.54) is 0 Å². The number of rotatable bonds is 6. The van der Waals surface area contributed by atoms with E-state index in [2.05, 4.69) is 23.3 Å². The third kappa shape index (κ3) is 32.9. The van der Waals surface area contributed by atoms with Crippen LogP contribution < -0.4 is 68.6 Å². The Labute approximate surface area is 186 Å². The summed E-state index contributed by atoms with van der Waals surface area (Å²) < 4.78 is 7.72. The molecule has 0 saturated heterocycles. The van der Waals surface area contributed by atoms with Crippen molar-refractivity contribution in [3.63, 3.8) is 0 Å². The Morgan fingerprint density at radius 2 is 0.889 bits per heavy atom. The summed E-state index contributed by atoms with van der Waals surface area (Å²) in [6.45, 7) is 6.95. The van der Waals surface area contributed by atoms with Crippen molar-refractivity contribution in [3.05, 3.63) is 12.2 Å². The molecule has 0 saturated carbocycles. The molecule has 0 spiro atoms. The van der Waals surface area contributed by atoms with E-state index in [4.69, 9.17) is 27.6 Å². The second-order valence-corrected chi connectivity index (χ2v) is 5.24. The van der Waals surface area contributed by atoms with Gasteiger partial charge in [-0.3, -0.25) is 19.2 Å². The van der Waals surface area contributed by atoms with Crippen LogP contribution in [0.25, 0.3) is 0 Å². The number of hydrogen-bond donors (Lipinski definition) is 6. The van der Waals surface area contributed by atoms with Crippen LogP contribution in [0, 0.1) is 11.8 Å². The Balaban J connectivity index is -0.0000000862. The minimum atomic E-state index is -0.677. The maximum atomic E-state index is 10.5. The van der Waals surface area contributed by atoms with Gasteiger partial charge in [0.05, 0.1) is 0 Å². The molecule has 4 unspecified atom stereocenters. The molecule has 0 radical (unpaired) electrons. The van der Waals surface area contributed by atoms with Crippen molar-refractivity contribution in [2.45, 2.75) is 39.8 Å². The first kappa shape index (κ1) is 36.7. The van der Waals surface area contributed by atoms with Gasteiger partial charge in [-0.2, -0.15) is 0 Å². The number of nitrogens with two attached hydrogens (primary N) is 6. The molecule has 4 atom stereocenters. The van der Waals surface area contributed by atoms with Gasteiger partial charge in [0.1, 0.15) is 0 Å². The van der Waals surface area contributed by atoms with Crippen molar-refractivity contribution in [1.29, 1.82) is 0 Å².